The van der Waals surface area contributed by atoms with Crippen molar-refractivity contribution < 1.29 is 14.3 Å². The Morgan fingerprint density at radius 3 is 2.64 bits per heavy atom. The quantitative estimate of drug-likeness (QED) is 0.664. The molecule has 80 valence electrons. The van der Waals surface area contributed by atoms with Crippen LogP contribution in [-0.2, 0) is 14.3 Å². The van der Waals surface area contributed by atoms with Gasteiger partial charge in [-0.3, -0.25) is 5.32 Å². The van der Waals surface area contributed by atoms with Crippen molar-refractivity contribution in [3.63, 3.8) is 0 Å². The smallest absolute Gasteiger partial charge is 0.336 e. The summed E-state index contributed by atoms with van der Waals surface area (Å²) >= 11 is 0. The molecule has 2 fully saturated rings. The van der Waals surface area contributed by atoms with Crippen molar-refractivity contribution in [3.8, 4) is 0 Å². The Morgan fingerprint density at radius 2 is 2.14 bits per heavy atom. The van der Waals surface area contributed by atoms with Crippen molar-refractivity contribution in [1.82, 2.24) is 5.32 Å². The van der Waals surface area contributed by atoms with E-state index in [2.05, 4.69) is 5.32 Å². The highest BCUT2D eigenvalue weighted by atomic mass is 16.6. The van der Waals surface area contributed by atoms with E-state index in [4.69, 9.17) is 9.47 Å². The summed E-state index contributed by atoms with van der Waals surface area (Å²) in [5, 5.41) is 3.33. The minimum atomic E-state index is -0.428. The van der Waals surface area contributed by atoms with Crippen LogP contribution in [0, 0.1) is 5.92 Å². The lowest BCUT2D eigenvalue weighted by molar-refractivity contribution is -0.157. The first-order valence-corrected chi connectivity index (χ1v) is 5.07. The molecule has 0 aromatic carbocycles. The molecule has 2 rings (SSSR count). The monoisotopic (exact) mass is 199 g/mol. The molecule has 0 aromatic rings. The van der Waals surface area contributed by atoms with E-state index in [-0.39, 0.29) is 12.0 Å². The summed E-state index contributed by atoms with van der Waals surface area (Å²) in [6, 6.07) is 0.137. The number of hydrogen-bond acceptors (Lipinski definition) is 4. The van der Waals surface area contributed by atoms with Crippen LogP contribution in [0.3, 0.4) is 0 Å². The normalized spacial score (nSPS) is 35.6. The summed E-state index contributed by atoms with van der Waals surface area (Å²) in [4.78, 5) is 11.5. The van der Waals surface area contributed by atoms with Crippen LogP contribution in [0.4, 0.5) is 0 Å². The number of rotatable bonds is 2. The van der Waals surface area contributed by atoms with Gasteiger partial charge >= 0.3 is 5.97 Å². The van der Waals surface area contributed by atoms with Gasteiger partial charge in [-0.15, -0.1) is 0 Å². The number of esters is 1. The minimum Gasteiger partial charge on any atom is -0.467 e. The Bertz CT molecular complexity index is 248. The van der Waals surface area contributed by atoms with E-state index in [1.165, 1.54) is 20.0 Å². The van der Waals surface area contributed by atoms with E-state index < -0.39 is 11.8 Å². The molecule has 0 spiro atoms. The van der Waals surface area contributed by atoms with E-state index >= 15 is 0 Å². The average molecular weight is 199 g/mol. The number of hydrogen-bond donors (Lipinski definition) is 1. The highest BCUT2D eigenvalue weighted by molar-refractivity contribution is 5.76. The topological polar surface area (TPSA) is 47.6 Å². The molecular formula is C10H17NO3. The molecule has 0 bridgehead atoms. The van der Waals surface area contributed by atoms with Gasteiger partial charge in [0.1, 0.15) is 5.72 Å². The fourth-order valence-corrected chi connectivity index (χ4v) is 2.03. The van der Waals surface area contributed by atoms with Crippen LogP contribution in [0.15, 0.2) is 0 Å². The molecule has 4 heteroatoms. The summed E-state index contributed by atoms with van der Waals surface area (Å²) in [6.07, 6.45) is 1.94. The second kappa shape index (κ2) is 3.21. The molecule has 1 aliphatic carbocycles. The van der Waals surface area contributed by atoms with Crippen LogP contribution >= 0.6 is 0 Å². The molecule has 1 N–H and O–H groups in total. The number of carbonyl (C=O) groups excluding carboxylic acids is 1. The lowest BCUT2D eigenvalue weighted by Gasteiger charge is -2.17. The number of ether oxygens (including phenoxy) is 2. The Morgan fingerprint density at radius 1 is 1.50 bits per heavy atom. The summed E-state index contributed by atoms with van der Waals surface area (Å²) in [5.74, 6) is 0.320. The van der Waals surface area contributed by atoms with Gasteiger partial charge in [-0.1, -0.05) is 0 Å². The van der Waals surface area contributed by atoms with Gasteiger partial charge < -0.3 is 9.47 Å². The third kappa shape index (κ3) is 1.77. The zero-order valence-corrected chi connectivity index (χ0v) is 8.87. The fraction of sp³-hybridized carbons (Fsp3) is 0.900. The van der Waals surface area contributed by atoms with Gasteiger partial charge in [0.05, 0.1) is 7.11 Å². The van der Waals surface area contributed by atoms with Crippen molar-refractivity contribution >= 4 is 5.97 Å². The summed E-state index contributed by atoms with van der Waals surface area (Å²) in [6.45, 7) is 3.87. The Kier molecular flexibility index (Phi) is 2.27. The maximum atomic E-state index is 11.5. The Balaban J connectivity index is 2.09. The predicted octanol–water partition coefficient (Wildman–Crippen LogP) is 0.662. The average Bonchev–Trinajstić information content (AvgIpc) is 2.89. The molecule has 2 aliphatic rings. The van der Waals surface area contributed by atoms with Crippen molar-refractivity contribution in [2.75, 3.05) is 7.11 Å². The zero-order valence-electron chi connectivity index (χ0n) is 8.87. The van der Waals surface area contributed by atoms with Crippen LogP contribution < -0.4 is 5.32 Å². The summed E-state index contributed by atoms with van der Waals surface area (Å²) in [7, 11) is 1.40. The van der Waals surface area contributed by atoms with Crippen LogP contribution in [0.2, 0.25) is 0 Å². The molecular weight excluding hydrogens is 182 g/mol. The van der Waals surface area contributed by atoms with Gasteiger partial charge in [0.2, 0.25) is 0 Å². The molecule has 1 saturated carbocycles. The first-order valence-electron chi connectivity index (χ1n) is 5.07. The zero-order chi connectivity index (χ0) is 10.3. The lowest BCUT2D eigenvalue weighted by atomic mass is 10.1. The third-order valence-electron chi connectivity index (χ3n) is 2.83. The molecule has 2 atom stereocenters. The molecule has 0 aromatic heterocycles. The summed E-state index contributed by atoms with van der Waals surface area (Å²) < 4.78 is 10.4. The largest absolute Gasteiger partial charge is 0.467 e. The Hall–Kier alpha value is -0.610. The highest BCUT2D eigenvalue weighted by Gasteiger charge is 2.50. The van der Waals surface area contributed by atoms with Crippen molar-refractivity contribution in [1.29, 1.82) is 0 Å². The molecule has 0 amide bonds. The predicted molar refractivity (Wildman–Crippen MR) is 50.6 cm³/mol. The van der Waals surface area contributed by atoms with Crippen LogP contribution in [0.5, 0.6) is 0 Å². The van der Waals surface area contributed by atoms with Gasteiger partial charge in [0.15, 0.2) is 6.10 Å². The number of carbonyl (C=O) groups is 1. The van der Waals surface area contributed by atoms with Crippen molar-refractivity contribution in [2.45, 2.75) is 44.6 Å². The molecule has 0 radical (unpaired) electrons. The van der Waals surface area contributed by atoms with E-state index in [1.807, 2.05) is 13.8 Å². The molecule has 1 heterocycles. The maximum Gasteiger partial charge on any atom is 0.336 e. The molecule has 1 aliphatic heterocycles. The van der Waals surface area contributed by atoms with Crippen LogP contribution in [0.25, 0.3) is 0 Å². The maximum absolute atomic E-state index is 11.5. The first-order chi connectivity index (χ1) is 6.53. The molecule has 1 saturated heterocycles. The van der Waals surface area contributed by atoms with Gasteiger partial charge in [-0.25, -0.2) is 4.79 Å². The third-order valence-corrected chi connectivity index (χ3v) is 2.83. The minimum absolute atomic E-state index is 0.137. The van der Waals surface area contributed by atoms with Gasteiger partial charge in [0.25, 0.3) is 0 Å². The SMILES string of the molecule is COC(=O)C1OC(C)(C)NC1C1CC1. The van der Waals surface area contributed by atoms with Crippen molar-refractivity contribution in [3.05, 3.63) is 0 Å². The molecule has 14 heavy (non-hydrogen) atoms. The Labute approximate surface area is 84.0 Å². The van der Waals surface area contributed by atoms with E-state index in [1.54, 1.807) is 0 Å². The van der Waals surface area contributed by atoms with E-state index in [0.717, 1.165) is 0 Å². The van der Waals surface area contributed by atoms with Crippen LogP contribution in [-0.4, -0.2) is 30.9 Å². The van der Waals surface area contributed by atoms with Crippen LogP contribution in [0.1, 0.15) is 26.7 Å². The van der Waals surface area contributed by atoms with Gasteiger partial charge in [0, 0.05) is 6.04 Å². The standard InChI is InChI=1S/C10H17NO3/c1-10(2)11-7(6-4-5-6)8(14-10)9(12)13-3/h6-8,11H,4-5H2,1-3H3. The second-order valence-corrected chi connectivity index (χ2v) is 4.58. The molecule has 4 nitrogen and oxygen atoms in total. The first kappa shape index (κ1) is 9.93. The van der Waals surface area contributed by atoms with E-state index in [0.29, 0.717) is 5.92 Å². The fourth-order valence-electron chi connectivity index (χ4n) is 2.03. The number of nitrogens with one attached hydrogen (secondary N) is 1. The van der Waals surface area contributed by atoms with Gasteiger partial charge in [-0.05, 0) is 32.6 Å². The lowest BCUT2D eigenvalue weighted by Crippen LogP contribution is -2.41. The van der Waals surface area contributed by atoms with Crippen molar-refractivity contribution in [2.24, 2.45) is 5.92 Å². The van der Waals surface area contributed by atoms with Gasteiger partial charge in [-0.2, -0.15) is 0 Å². The highest BCUT2D eigenvalue weighted by Crippen LogP contribution is 2.39. The van der Waals surface area contributed by atoms with E-state index in [9.17, 15) is 4.79 Å². The number of methoxy groups -OCH3 is 1. The summed E-state index contributed by atoms with van der Waals surface area (Å²) in [5.41, 5.74) is -0.411. The second-order valence-electron chi connectivity index (χ2n) is 4.58. The molecule has 2 unspecified atom stereocenters.